The summed E-state index contributed by atoms with van der Waals surface area (Å²) in [5.74, 6) is 0. The summed E-state index contributed by atoms with van der Waals surface area (Å²) in [6.45, 7) is 0. The van der Waals surface area contributed by atoms with Gasteiger partial charge in [-0.15, -0.1) is 11.3 Å². The van der Waals surface area contributed by atoms with Gasteiger partial charge in [0.15, 0.2) is 0 Å². The summed E-state index contributed by atoms with van der Waals surface area (Å²) in [6.07, 6.45) is 0. The number of hydrogen-bond acceptors (Lipinski definition) is 2. The van der Waals surface area contributed by atoms with Gasteiger partial charge in [0.05, 0.1) is 16.7 Å². The molecule has 0 fully saturated rings. The van der Waals surface area contributed by atoms with Crippen molar-refractivity contribution in [2.45, 2.75) is 0 Å². The van der Waals surface area contributed by atoms with Crippen LogP contribution in [0.4, 0.5) is 17.1 Å². The molecule has 12 rings (SSSR count). The molecule has 0 saturated heterocycles. The quantitative estimate of drug-likeness (QED) is 0.164. The highest BCUT2D eigenvalue weighted by molar-refractivity contribution is 7.26. The summed E-state index contributed by atoms with van der Waals surface area (Å²) in [4.78, 5) is 2.41. The smallest absolute Gasteiger partial charge is 0.0541 e. The lowest BCUT2D eigenvalue weighted by molar-refractivity contribution is 1.19. The van der Waals surface area contributed by atoms with Gasteiger partial charge >= 0.3 is 0 Å². The van der Waals surface area contributed by atoms with E-state index in [2.05, 4.69) is 228 Å². The minimum absolute atomic E-state index is 1.11. The average Bonchev–Trinajstić information content (AvgIpc) is 3.85. The Morgan fingerprint density at radius 3 is 1.88 bits per heavy atom. The van der Waals surface area contributed by atoms with Gasteiger partial charge in [-0.3, -0.25) is 0 Å². The molecule has 0 bridgehead atoms. The van der Waals surface area contributed by atoms with E-state index in [9.17, 15) is 0 Å². The number of fused-ring (bicyclic) bond motifs is 8. The van der Waals surface area contributed by atoms with E-state index in [1.807, 2.05) is 11.3 Å². The van der Waals surface area contributed by atoms with E-state index >= 15 is 0 Å². The Labute approximate surface area is 346 Å². The Morgan fingerprint density at radius 2 is 1.02 bits per heavy atom. The Hall–Kier alpha value is -7.46. The highest BCUT2D eigenvalue weighted by Gasteiger charge is 2.20. The van der Waals surface area contributed by atoms with Crippen molar-refractivity contribution in [2.75, 3.05) is 4.90 Å². The van der Waals surface area contributed by atoms with Crippen molar-refractivity contribution < 1.29 is 0 Å². The normalized spacial score (nSPS) is 11.7. The number of anilines is 3. The maximum Gasteiger partial charge on any atom is 0.0541 e. The molecule has 59 heavy (non-hydrogen) atoms. The van der Waals surface area contributed by atoms with Crippen molar-refractivity contribution in [1.82, 2.24) is 4.57 Å². The Morgan fingerprint density at radius 1 is 0.356 bits per heavy atom. The first-order chi connectivity index (χ1) is 29.2. The van der Waals surface area contributed by atoms with Crippen molar-refractivity contribution in [1.29, 1.82) is 0 Å². The van der Waals surface area contributed by atoms with Crippen LogP contribution in [0.25, 0.3) is 91.5 Å². The second kappa shape index (κ2) is 13.6. The summed E-state index contributed by atoms with van der Waals surface area (Å²) in [7, 11) is 0. The Balaban J connectivity index is 1.06. The largest absolute Gasteiger partial charge is 0.310 e. The predicted molar refractivity (Wildman–Crippen MR) is 254 cm³/mol. The molecule has 0 atom stereocenters. The topological polar surface area (TPSA) is 8.17 Å². The van der Waals surface area contributed by atoms with Crippen LogP contribution in [0.3, 0.4) is 0 Å². The van der Waals surface area contributed by atoms with Gasteiger partial charge in [-0.2, -0.15) is 0 Å². The summed E-state index contributed by atoms with van der Waals surface area (Å²) in [5, 5.41) is 9.97. The van der Waals surface area contributed by atoms with Crippen LogP contribution in [-0.4, -0.2) is 4.57 Å². The maximum absolute atomic E-state index is 2.46. The summed E-state index contributed by atoms with van der Waals surface area (Å²) in [5.41, 5.74) is 11.8. The predicted octanol–water partition coefficient (Wildman–Crippen LogP) is 16.3. The number of para-hydroxylation sites is 1. The fraction of sp³-hybridized carbons (Fsp3) is 0. The van der Waals surface area contributed by atoms with Gasteiger partial charge in [0.25, 0.3) is 0 Å². The SMILES string of the molecule is c1ccc(-c2ccc3c(c2)c2ccccc2n3-c2cc(-c3ccc(N(c4ccc5ccccc5c4)c4cccc5ccccc45)cc3)c3sc4ccccc4c3c2)cc1. The Kier molecular flexibility index (Phi) is 7.75. The van der Waals surface area contributed by atoms with Gasteiger partial charge in [0, 0.05) is 59.0 Å². The van der Waals surface area contributed by atoms with Crippen molar-refractivity contribution >= 4 is 91.9 Å². The fourth-order valence-electron chi connectivity index (χ4n) is 9.15. The molecule has 0 radical (unpaired) electrons. The molecule has 0 unspecified atom stereocenters. The minimum Gasteiger partial charge on any atom is -0.310 e. The number of benzene rings is 10. The van der Waals surface area contributed by atoms with E-state index in [4.69, 9.17) is 0 Å². The van der Waals surface area contributed by atoms with Crippen LogP contribution in [0, 0.1) is 0 Å². The lowest BCUT2D eigenvalue weighted by Gasteiger charge is -2.27. The van der Waals surface area contributed by atoms with Crippen LogP contribution >= 0.6 is 11.3 Å². The molecule has 0 N–H and O–H groups in total. The van der Waals surface area contributed by atoms with Crippen LogP contribution < -0.4 is 4.90 Å². The molecule has 0 spiro atoms. The molecule has 3 heteroatoms. The van der Waals surface area contributed by atoms with Crippen LogP contribution in [0.15, 0.2) is 218 Å². The molecule has 2 nitrogen and oxygen atoms in total. The number of aromatic nitrogens is 1. The van der Waals surface area contributed by atoms with Crippen molar-refractivity contribution in [3.63, 3.8) is 0 Å². The fourth-order valence-corrected chi connectivity index (χ4v) is 10.4. The first-order valence-corrected chi connectivity index (χ1v) is 21.0. The highest BCUT2D eigenvalue weighted by atomic mass is 32.1. The lowest BCUT2D eigenvalue weighted by atomic mass is 10.00. The van der Waals surface area contributed by atoms with Gasteiger partial charge in [0.1, 0.15) is 0 Å². The van der Waals surface area contributed by atoms with Crippen LogP contribution in [0.5, 0.6) is 0 Å². The standard InChI is InChI=1S/C56H36N2S/c1-2-13-37(14-3-1)42-28-32-54-50(34-42)47-20-8-10-22-53(47)58(54)45-35-49(56-51(36-45)48-21-9-11-24-55(48)59-56)40-26-29-43(30-27-40)57(44-31-25-38-15-4-5-17-41(38)33-44)52-23-12-18-39-16-6-7-19-46(39)52/h1-36H. The molecular formula is C56H36N2S. The van der Waals surface area contributed by atoms with E-state index < -0.39 is 0 Å². The zero-order valence-electron chi connectivity index (χ0n) is 32.1. The summed E-state index contributed by atoms with van der Waals surface area (Å²) in [6, 6.07) is 80.0. The third-order valence-electron chi connectivity index (χ3n) is 11.9. The molecule has 12 aromatic rings. The highest BCUT2D eigenvalue weighted by Crippen LogP contribution is 2.45. The van der Waals surface area contributed by atoms with Crippen LogP contribution in [0.2, 0.25) is 0 Å². The number of rotatable bonds is 6. The van der Waals surface area contributed by atoms with Crippen LogP contribution in [0.1, 0.15) is 0 Å². The van der Waals surface area contributed by atoms with E-state index in [0.29, 0.717) is 0 Å². The van der Waals surface area contributed by atoms with Crippen molar-refractivity contribution in [2.24, 2.45) is 0 Å². The molecule has 2 heterocycles. The zero-order valence-corrected chi connectivity index (χ0v) is 32.9. The maximum atomic E-state index is 2.46. The molecular weight excluding hydrogens is 733 g/mol. The van der Waals surface area contributed by atoms with E-state index in [0.717, 1.165) is 22.7 Å². The number of thiophene rings is 1. The van der Waals surface area contributed by atoms with E-state index in [1.165, 1.54) is 85.8 Å². The summed E-state index contributed by atoms with van der Waals surface area (Å²) < 4.78 is 5.06. The molecule has 0 aliphatic heterocycles. The lowest BCUT2D eigenvalue weighted by Crippen LogP contribution is -2.10. The third-order valence-corrected chi connectivity index (χ3v) is 13.2. The molecule has 0 aliphatic carbocycles. The van der Waals surface area contributed by atoms with Gasteiger partial charge in [-0.25, -0.2) is 0 Å². The Bertz CT molecular complexity index is 3550. The molecule has 0 aliphatic rings. The third kappa shape index (κ3) is 5.55. The molecule has 10 aromatic carbocycles. The number of nitrogens with zero attached hydrogens (tertiary/aromatic N) is 2. The average molecular weight is 769 g/mol. The van der Waals surface area contributed by atoms with Gasteiger partial charge in [0.2, 0.25) is 0 Å². The van der Waals surface area contributed by atoms with E-state index in [-0.39, 0.29) is 0 Å². The van der Waals surface area contributed by atoms with Gasteiger partial charge in [-0.05, 0) is 99.6 Å². The van der Waals surface area contributed by atoms with E-state index in [1.54, 1.807) is 0 Å². The van der Waals surface area contributed by atoms with Crippen molar-refractivity contribution in [3.8, 4) is 27.9 Å². The van der Waals surface area contributed by atoms with Crippen LogP contribution in [-0.2, 0) is 0 Å². The molecule has 0 amide bonds. The minimum atomic E-state index is 1.11. The number of hydrogen-bond donors (Lipinski definition) is 0. The summed E-state index contributed by atoms with van der Waals surface area (Å²) >= 11 is 1.88. The molecule has 276 valence electrons. The van der Waals surface area contributed by atoms with Crippen molar-refractivity contribution in [3.05, 3.63) is 218 Å². The molecule has 2 aromatic heterocycles. The first-order valence-electron chi connectivity index (χ1n) is 20.2. The second-order valence-corrected chi connectivity index (χ2v) is 16.4. The monoisotopic (exact) mass is 768 g/mol. The second-order valence-electron chi connectivity index (χ2n) is 15.3. The zero-order chi connectivity index (χ0) is 38.9. The van der Waals surface area contributed by atoms with Gasteiger partial charge in [-0.1, -0.05) is 152 Å². The molecule has 0 saturated carbocycles. The first kappa shape index (κ1) is 33.7. The van der Waals surface area contributed by atoms with Gasteiger partial charge < -0.3 is 9.47 Å².